The lowest BCUT2D eigenvalue weighted by atomic mass is 9.93. The van der Waals surface area contributed by atoms with Crippen LogP contribution in [0, 0.1) is 12.7 Å². The fourth-order valence-electron chi connectivity index (χ4n) is 3.50. The maximum atomic E-state index is 13.7. The number of likely N-dealkylation sites (tertiary alicyclic amines) is 1. The summed E-state index contributed by atoms with van der Waals surface area (Å²) in [6.45, 7) is 3.31. The number of para-hydroxylation sites is 1. The fourth-order valence-corrected chi connectivity index (χ4v) is 4.37. The smallest absolute Gasteiger partial charge is 0.276 e. The molecule has 2 aromatic heterocycles. The Labute approximate surface area is 171 Å². The molecule has 0 radical (unpaired) electrons. The number of rotatable bonds is 4. The Kier molecular flexibility index (Phi) is 5.44. The van der Waals surface area contributed by atoms with Crippen LogP contribution in [0.25, 0.3) is 0 Å². The van der Waals surface area contributed by atoms with Gasteiger partial charge in [-0.1, -0.05) is 12.1 Å². The summed E-state index contributed by atoms with van der Waals surface area (Å²) in [6, 6.07) is 9.64. The first-order valence-corrected chi connectivity index (χ1v) is 10.3. The van der Waals surface area contributed by atoms with Crippen LogP contribution in [0.1, 0.15) is 50.2 Å². The van der Waals surface area contributed by atoms with Crippen LogP contribution in [-0.4, -0.2) is 40.0 Å². The zero-order valence-corrected chi connectivity index (χ0v) is 16.8. The Balaban J connectivity index is 1.36. The standard InChI is InChI=1S/C21H21FN4O2S/c1-13-10-19(29-12-13)21(28)26-8-6-14(7-9-26)17-11-18(25-24-17)20(27)23-16-5-3-2-4-15(16)22/h2-5,10-12,14H,6-9H2,1H3,(H,23,27)(H,24,25). The number of aromatic amines is 1. The van der Waals surface area contributed by atoms with Crippen molar-refractivity contribution in [2.75, 3.05) is 18.4 Å². The molecule has 0 bridgehead atoms. The van der Waals surface area contributed by atoms with E-state index in [1.54, 1.807) is 18.2 Å². The van der Waals surface area contributed by atoms with Gasteiger partial charge in [-0.15, -0.1) is 11.3 Å². The molecule has 3 aromatic rings. The molecular weight excluding hydrogens is 391 g/mol. The number of benzene rings is 1. The van der Waals surface area contributed by atoms with Crippen LogP contribution in [0.5, 0.6) is 0 Å². The number of aromatic nitrogens is 2. The molecule has 1 aromatic carbocycles. The first-order valence-electron chi connectivity index (χ1n) is 9.47. The molecule has 0 atom stereocenters. The lowest BCUT2D eigenvalue weighted by molar-refractivity contribution is 0.0717. The molecule has 1 aliphatic heterocycles. The van der Waals surface area contributed by atoms with Gasteiger partial charge < -0.3 is 10.2 Å². The highest BCUT2D eigenvalue weighted by Crippen LogP contribution is 2.29. The summed E-state index contributed by atoms with van der Waals surface area (Å²) in [7, 11) is 0. The lowest BCUT2D eigenvalue weighted by Crippen LogP contribution is -2.37. The topological polar surface area (TPSA) is 78.1 Å². The SMILES string of the molecule is Cc1csc(C(=O)N2CCC(c3cc(C(=O)Nc4ccccc4F)n[nH]3)CC2)c1. The van der Waals surface area contributed by atoms with E-state index in [2.05, 4.69) is 15.5 Å². The number of H-pyrrole nitrogens is 1. The van der Waals surface area contributed by atoms with Crippen molar-refractivity contribution >= 4 is 28.8 Å². The van der Waals surface area contributed by atoms with Crippen molar-refractivity contribution in [2.45, 2.75) is 25.7 Å². The predicted molar refractivity (Wildman–Crippen MR) is 110 cm³/mol. The van der Waals surface area contributed by atoms with Crippen molar-refractivity contribution in [3.05, 3.63) is 69.4 Å². The van der Waals surface area contributed by atoms with Crippen molar-refractivity contribution < 1.29 is 14.0 Å². The van der Waals surface area contributed by atoms with Gasteiger partial charge in [0.15, 0.2) is 5.69 Å². The zero-order valence-electron chi connectivity index (χ0n) is 15.9. The minimum Gasteiger partial charge on any atom is -0.338 e. The first kappa shape index (κ1) is 19.3. The summed E-state index contributed by atoms with van der Waals surface area (Å²) in [6.07, 6.45) is 1.60. The quantitative estimate of drug-likeness (QED) is 0.674. The molecule has 0 saturated carbocycles. The summed E-state index contributed by atoms with van der Waals surface area (Å²) < 4.78 is 13.7. The number of amides is 2. The second-order valence-corrected chi connectivity index (χ2v) is 8.11. The molecule has 0 aliphatic carbocycles. The number of piperidine rings is 1. The van der Waals surface area contributed by atoms with E-state index in [4.69, 9.17) is 0 Å². The highest BCUT2D eigenvalue weighted by molar-refractivity contribution is 7.12. The Hall–Kier alpha value is -3.00. The minimum atomic E-state index is -0.491. The van der Waals surface area contributed by atoms with Gasteiger partial charge in [-0.05, 0) is 55.0 Å². The number of carbonyl (C=O) groups is 2. The second-order valence-electron chi connectivity index (χ2n) is 7.20. The van der Waals surface area contributed by atoms with E-state index in [1.807, 2.05) is 23.3 Å². The number of nitrogens with zero attached hydrogens (tertiary/aromatic N) is 2. The third-order valence-corrected chi connectivity index (χ3v) is 6.15. The Morgan fingerprint density at radius 3 is 2.69 bits per heavy atom. The zero-order chi connectivity index (χ0) is 20.4. The number of thiophene rings is 1. The van der Waals surface area contributed by atoms with Crippen LogP contribution in [0.2, 0.25) is 0 Å². The van der Waals surface area contributed by atoms with E-state index in [9.17, 15) is 14.0 Å². The molecule has 1 saturated heterocycles. The molecule has 2 N–H and O–H groups in total. The molecule has 6 nitrogen and oxygen atoms in total. The largest absolute Gasteiger partial charge is 0.338 e. The van der Waals surface area contributed by atoms with Crippen molar-refractivity contribution in [1.29, 1.82) is 0 Å². The van der Waals surface area contributed by atoms with Gasteiger partial charge in [0.2, 0.25) is 0 Å². The van der Waals surface area contributed by atoms with E-state index in [-0.39, 0.29) is 23.2 Å². The minimum absolute atomic E-state index is 0.0797. The third kappa shape index (κ3) is 4.22. The van der Waals surface area contributed by atoms with E-state index >= 15 is 0 Å². The Morgan fingerprint density at radius 2 is 2.00 bits per heavy atom. The average Bonchev–Trinajstić information content (AvgIpc) is 3.39. The lowest BCUT2D eigenvalue weighted by Gasteiger charge is -2.31. The Bertz CT molecular complexity index is 1040. The highest BCUT2D eigenvalue weighted by Gasteiger charge is 2.27. The van der Waals surface area contributed by atoms with E-state index in [1.165, 1.54) is 23.5 Å². The molecule has 1 fully saturated rings. The van der Waals surface area contributed by atoms with Crippen LogP contribution in [0.15, 0.2) is 41.8 Å². The number of anilines is 1. The molecule has 1 aliphatic rings. The van der Waals surface area contributed by atoms with Crippen LogP contribution >= 0.6 is 11.3 Å². The highest BCUT2D eigenvalue weighted by atomic mass is 32.1. The van der Waals surface area contributed by atoms with Crippen molar-refractivity contribution in [2.24, 2.45) is 0 Å². The summed E-state index contributed by atoms with van der Waals surface area (Å²) in [5, 5.41) is 11.5. The van der Waals surface area contributed by atoms with Gasteiger partial charge in [0.25, 0.3) is 11.8 Å². The van der Waals surface area contributed by atoms with E-state index in [0.29, 0.717) is 13.1 Å². The van der Waals surface area contributed by atoms with Gasteiger partial charge in [-0.25, -0.2) is 4.39 Å². The number of nitrogens with one attached hydrogen (secondary N) is 2. The molecule has 29 heavy (non-hydrogen) atoms. The maximum Gasteiger partial charge on any atom is 0.276 e. The average molecular weight is 412 g/mol. The maximum absolute atomic E-state index is 13.7. The van der Waals surface area contributed by atoms with E-state index < -0.39 is 11.7 Å². The molecular formula is C21H21FN4O2S. The van der Waals surface area contributed by atoms with Crippen LogP contribution in [-0.2, 0) is 0 Å². The number of hydrogen-bond donors (Lipinski definition) is 2. The van der Waals surface area contributed by atoms with Crippen LogP contribution < -0.4 is 5.32 Å². The number of aryl methyl sites for hydroxylation is 1. The Morgan fingerprint density at radius 1 is 1.24 bits per heavy atom. The summed E-state index contributed by atoms with van der Waals surface area (Å²) in [5.74, 6) is -0.671. The van der Waals surface area contributed by atoms with Gasteiger partial charge >= 0.3 is 0 Å². The monoisotopic (exact) mass is 412 g/mol. The van der Waals surface area contributed by atoms with Gasteiger partial charge in [0, 0.05) is 24.7 Å². The molecule has 4 rings (SSSR count). The fraction of sp³-hybridized carbons (Fsp3) is 0.286. The summed E-state index contributed by atoms with van der Waals surface area (Å²) in [5.41, 5.74) is 2.31. The molecule has 150 valence electrons. The molecule has 0 spiro atoms. The van der Waals surface area contributed by atoms with Crippen LogP contribution in [0.4, 0.5) is 10.1 Å². The van der Waals surface area contributed by atoms with Crippen molar-refractivity contribution in [3.8, 4) is 0 Å². The number of halogens is 1. The normalized spacial score (nSPS) is 14.8. The molecule has 3 heterocycles. The second kappa shape index (κ2) is 8.16. The van der Waals surface area contributed by atoms with Gasteiger partial charge in [0.1, 0.15) is 5.82 Å². The van der Waals surface area contributed by atoms with Gasteiger partial charge in [-0.2, -0.15) is 5.10 Å². The van der Waals surface area contributed by atoms with E-state index in [0.717, 1.165) is 29.0 Å². The number of hydrogen-bond acceptors (Lipinski definition) is 4. The van der Waals surface area contributed by atoms with Gasteiger partial charge in [0.05, 0.1) is 10.6 Å². The summed E-state index contributed by atoms with van der Waals surface area (Å²) >= 11 is 1.48. The van der Waals surface area contributed by atoms with Crippen molar-refractivity contribution in [3.63, 3.8) is 0 Å². The molecule has 2 amide bonds. The third-order valence-electron chi connectivity index (χ3n) is 5.12. The van der Waals surface area contributed by atoms with Crippen molar-refractivity contribution in [1.82, 2.24) is 15.1 Å². The molecule has 8 heteroatoms. The first-order chi connectivity index (χ1) is 14.0. The summed E-state index contributed by atoms with van der Waals surface area (Å²) in [4.78, 5) is 27.6. The van der Waals surface area contributed by atoms with Crippen LogP contribution in [0.3, 0.4) is 0 Å². The number of carbonyl (C=O) groups excluding carboxylic acids is 2. The predicted octanol–water partition coefficient (Wildman–Crippen LogP) is 4.19. The molecule has 0 unspecified atom stereocenters. The van der Waals surface area contributed by atoms with Gasteiger partial charge in [-0.3, -0.25) is 14.7 Å².